The SMILES string of the molecule is COC1CCCC(Nc2cc3[nH]c(=O)[nH]c3cc2Br)C1. The van der Waals surface area contributed by atoms with Gasteiger partial charge < -0.3 is 20.0 Å². The summed E-state index contributed by atoms with van der Waals surface area (Å²) in [5.74, 6) is 0. The van der Waals surface area contributed by atoms with Crippen LogP contribution >= 0.6 is 15.9 Å². The maximum absolute atomic E-state index is 11.3. The zero-order valence-corrected chi connectivity index (χ0v) is 12.9. The van der Waals surface area contributed by atoms with Crippen molar-refractivity contribution < 1.29 is 4.74 Å². The van der Waals surface area contributed by atoms with Crippen LogP contribution in [0.5, 0.6) is 0 Å². The Morgan fingerprint density at radius 1 is 1.30 bits per heavy atom. The van der Waals surface area contributed by atoms with Gasteiger partial charge in [-0.3, -0.25) is 0 Å². The lowest BCUT2D eigenvalue weighted by molar-refractivity contribution is 0.0669. The van der Waals surface area contributed by atoms with Crippen LogP contribution in [0, 0.1) is 0 Å². The van der Waals surface area contributed by atoms with E-state index >= 15 is 0 Å². The molecule has 6 heteroatoms. The summed E-state index contributed by atoms with van der Waals surface area (Å²) in [7, 11) is 1.78. The van der Waals surface area contributed by atoms with E-state index in [1.54, 1.807) is 7.11 Å². The minimum Gasteiger partial charge on any atom is -0.381 e. The van der Waals surface area contributed by atoms with E-state index in [2.05, 4.69) is 31.2 Å². The van der Waals surface area contributed by atoms with Gasteiger partial charge in [0.15, 0.2) is 0 Å². The number of H-pyrrole nitrogens is 2. The molecule has 2 unspecified atom stereocenters. The second kappa shape index (κ2) is 5.61. The average Bonchev–Trinajstić information content (AvgIpc) is 2.78. The minimum absolute atomic E-state index is 0.179. The maximum atomic E-state index is 11.3. The summed E-state index contributed by atoms with van der Waals surface area (Å²) in [5.41, 5.74) is 2.46. The van der Waals surface area contributed by atoms with Gasteiger partial charge in [0.1, 0.15) is 0 Å². The zero-order valence-electron chi connectivity index (χ0n) is 11.3. The smallest absolute Gasteiger partial charge is 0.323 e. The van der Waals surface area contributed by atoms with E-state index < -0.39 is 0 Å². The number of benzene rings is 1. The molecule has 5 nitrogen and oxygen atoms in total. The summed E-state index contributed by atoms with van der Waals surface area (Å²) < 4.78 is 6.42. The molecule has 2 aromatic rings. The summed E-state index contributed by atoms with van der Waals surface area (Å²) in [4.78, 5) is 16.9. The van der Waals surface area contributed by atoms with Crippen LogP contribution < -0.4 is 11.0 Å². The molecule has 0 saturated heterocycles. The topological polar surface area (TPSA) is 69.9 Å². The molecule has 3 N–H and O–H groups in total. The highest BCUT2D eigenvalue weighted by Gasteiger charge is 2.22. The highest BCUT2D eigenvalue weighted by atomic mass is 79.9. The molecule has 20 heavy (non-hydrogen) atoms. The van der Waals surface area contributed by atoms with E-state index in [4.69, 9.17) is 4.74 Å². The summed E-state index contributed by atoms with van der Waals surface area (Å²) in [6.07, 6.45) is 4.83. The molecule has 1 saturated carbocycles. The summed E-state index contributed by atoms with van der Waals surface area (Å²) in [6.45, 7) is 0. The second-order valence-corrected chi connectivity index (χ2v) is 6.18. The van der Waals surface area contributed by atoms with Gasteiger partial charge in [0.25, 0.3) is 0 Å². The Bertz CT molecular complexity index is 664. The maximum Gasteiger partial charge on any atom is 0.323 e. The molecule has 1 aliphatic carbocycles. The number of nitrogens with one attached hydrogen (secondary N) is 3. The molecular formula is C14H18BrN3O2. The van der Waals surface area contributed by atoms with Crippen molar-refractivity contribution in [3.63, 3.8) is 0 Å². The summed E-state index contributed by atoms with van der Waals surface area (Å²) >= 11 is 3.56. The van der Waals surface area contributed by atoms with Crippen molar-refractivity contribution in [2.24, 2.45) is 0 Å². The largest absolute Gasteiger partial charge is 0.381 e. The number of fused-ring (bicyclic) bond motifs is 1. The molecule has 1 fully saturated rings. The lowest BCUT2D eigenvalue weighted by Gasteiger charge is -2.29. The van der Waals surface area contributed by atoms with Crippen LogP contribution in [-0.4, -0.2) is 29.2 Å². The van der Waals surface area contributed by atoms with Gasteiger partial charge in [-0.25, -0.2) is 4.79 Å². The van der Waals surface area contributed by atoms with E-state index in [0.29, 0.717) is 12.1 Å². The quantitative estimate of drug-likeness (QED) is 0.805. The first-order chi connectivity index (χ1) is 9.65. The Kier molecular flexibility index (Phi) is 3.85. The molecule has 1 aromatic carbocycles. The monoisotopic (exact) mass is 339 g/mol. The van der Waals surface area contributed by atoms with Crippen LogP contribution in [0.15, 0.2) is 21.4 Å². The third-order valence-electron chi connectivity index (χ3n) is 3.92. The predicted molar refractivity (Wildman–Crippen MR) is 83.3 cm³/mol. The number of hydrogen-bond acceptors (Lipinski definition) is 3. The normalized spacial score (nSPS) is 23.1. The molecule has 3 rings (SSSR count). The average molecular weight is 340 g/mol. The van der Waals surface area contributed by atoms with Crippen molar-refractivity contribution in [3.05, 3.63) is 27.1 Å². The van der Waals surface area contributed by atoms with Crippen molar-refractivity contribution >= 4 is 32.7 Å². The van der Waals surface area contributed by atoms with Crippen LogP contribution in [0.25, 0.3) is 11.0 Å². The molecule has 108 valence electrons. The Morgan fingerprint density at radius 3 is 2.80 bits per heavy atom. The molecule has 0 amide bonds. The van der Waals surface area contributed by atoms with E-state index in [1.807, 2.05) is 12.1 Å². The van der Waals surface area contributed by atoms with Gasteiger partial charge >= 0.3 is 5.69 Å². The number of imidazole rings is 1. The first-order valence-corrected chi connectivity index (χ1v) is 7.66. The molecular weight excluding hydrogens is 322 g/mol. The number of ether oxygens (including phenoxy) is 1. The lowest BCUT2D eigenvalue weighted by atomic mass is 9.92. The Morgan fingerprint density at radius 2 is 2.05 bits per heavy atom. The third-order valence-corrected chi connectivity index (χ3v) is 4.58. The standard InChI is InChI=1S/C14H18BrN3O2/c1-20-9-4-2-3-8(5-9)16-11-7-13-12(6-10(11)15)17-14(19)18-13/h6-9,16H,2-5H2,1H3,(H2,17,18,19). The van der Waals surface area contributed by atoms with Crippen LogP contribution in [0.3, 0.4) is 0 Å². The Hall–Kier alpha value is -1.27. The number of rotatable bonds is 3. The van der Waals surface area contributed by atoms with Crippen LogP contribution in [0.2, 0.25) is 0 Å². The lowest BCUT2D eigenvalue weighted by Crippen LogP contribution is -2.31. The Balaban J connectivity index is 1.82. The van der Waals surface area contributed by atoms with Gasteiger partial charge in [0.05, 0.1) is 22.8 Å². The van der Waals surface area contributed by atoms with E-state index in [0.717, 1.165) is 40.5 Å². The first-order valence-electron chi connectivity index (χ1n) is 6.86. The van der Waals surface area contributed by atoms with Crippen LogP contribution in [0.1, 0.15) is 25.7 Å². The Labute approximate surface area is 125 Å². The highest BCUT2D eigenvalue weighted by Crippen LogP contribution is 2.30. The molecule has 1 aromatic heterocycles. The number of methoxy groups -OCH3 is 1. The fraction of sp³-hybridized carbons (Fsp3) is 0.500. The molecule has 0 bridgehead atoms. The molecule has 0 aliphatic heterocycles. The predicted octanol–water partition coefficient (Wildman–Crippen LogP) is 2.99. The summed E-state index contributed by atoms with van der Waals surface area (Å²) in [5, 5.41) is 3.55. The first kappa shape index (κ1) is 13.7. The third kappa shape index (κ3) is 2.76. The van der Waals surface area contributed by atoms with Gasteiger partial charge in [-0.15, -0.1) is 0 Å². The van der Waals surface area contributed by atoms with Crippen molar-refractivity contribution in [2.75, 3.05) is 12.4 Å². The molecule has 0 radical (unpaired) electrons. The number of aromatic amines is 2. The van der Waals surface area contributed by atoms with Gasteiger partial charge in [0, 0.05) is 17.6 Å². The number of hydrogen-bond donors (Lipinski definition) is 3. The van der Waals surface area contributed by atoms with Crippen molar-refractivity contribution in [1.29, 1.82) is 0 Å². The molecule has 1 heterocycles. The number of anilines is 1. The van der Waals surface area contributed by atoms with E-state index in [-0.39, 0.29) is 5.69 Å². The van der Waals surface area contributed by atoms with E-state index in [9.17, 15) is 4.79 Å². The van der Waals surface area contributed by atoms with Crippen molar-refractivity contribution in [2.45, 2.75) is 37.8 Å². The molecule has 2 atom stereocenters. The fourth-order valence-electron chi connectivity index (χ4n) is 2.88. The number of halogens is 1. The fourth-order valence-corrected chi connectivity index (χ4v) is 3.33. The highest BCUT2D eigenvalue weighted by molar-refractivity contribution is 9.10. The second-order valence-electron chi connectivity index (χ2n) is 5.32. The van der Waals surface area contributed by atoms with Gasteiger partial charge in [-0.05, 0) is 53.7 Å². The van der Waals surface area contributed by atoms with Crippen LogP contribution in [0.4, 0.5) is 5.69 Å². The van der Waals surface area contributed by atoms with Crippen molar-refractivity contribution in [1.82, 2.24) is 9.97 Å². The van der Waals surface area contributed by atoms with Gasteiger partial charge in [0.2, 0.25) is 0 Å². The minimum atomic E-state index is -0.179. The summed E-state index contributed by atoms with van der Waals surface area (Å²) in [6, 6.07) is 4.30. The number of aromatic nitrogens is 2. The molecule has 0 spiro atoms. The molecule has 1 aliphatic rings. The van der Waals surface area contributed by atoms with Gasteiger partial charge in [-0.2, -0.15) is 0 Å². The van der Waals surface area contributed by atoms with Crippen molar-refractivity contribution in [3.8, 4) is 0 Å². The van der Waals surface area contributed by atoms with E-state index in [1.165, 1.54) is 6.42 Å². The van der Waals surface area contributed by atoms with Gasteiger partial charge in [-0.1, -0.05) is 0 Å². The zero-order chi connectivity index (χ0) is 14.1. The van der Waals surface area contributed by atoms with Crippen LogP contribution in [-0.2, 0) is 4.74 Å².